The number of carbonyl (C=O) groups is 1. The molecule has 0 N–H and O–H groups in total. The second-order valence-corrected chi connectivity index (χ2v) is 7.82. The zero-order valence-electron chi connectivity index (χ0n) is 15.6. The van der Waals surface area contributed by atoms with Gasteiger partial charge in [0.05, 0.1) is 11.9 Å². The lowest BCUT2D eigenvalue weighted by Gasteiger charge is -2.32. The maximum absolute atomic E-state index is 12.4. The van der Waals surface area contributed by atoms with Gasteiger partial charge in [0.15, 0.2) is 0 Å². The number of aromatic nitrogens is 4. The molecule has 0 saturated carbocycles. The molecule has 7 nitrogen and oxygen atoms in total. The summed E-state index contributed by atoms with van der Waals surface area (Å²) in [6.45, 7) is 8.17. The van der Waals surface area contributed by atoms with Crippen molar-refractivity contribution in [1.29, 1.82) is 0 Å². The first-order chi connectivity index (χ1) is 12.3. The highest BCUT2D eigenvalue weighted by Gasteiger charge is 2.25. The second-order valence-electron chi connectivity index (χ2n) is 7.82. The van der Waals surface area contributed by atoms with E-state index in [1.165, 1.54) is 12.4 Å². The molecule has 0 atom stereocenters. The van der Waals surface area contributed by atoms with Crippen LogP contribution in [0.25, 0.3) is 0 Å². The highest BCUT2D eigenvalue weighted by molar-refractivity contribution is 5.91. The normalized spacial score (nSPS) is 15.9. The summed E-state index contributed by atoms with van der Waals surface area (Å²) in [5.74, 6) is 0.253. The van der Waals surface area contributed by atoms with Crippen molar-refractivity contribution in [2.75, 3.05) is 13.1 Å². The van der Waals surface area contributed by atoms with Crippen molar-refractivity contribution in [3.05, 3.63) is 52.5 Å². The molecule has 3 heterocycles. The van der Waals surface area contributed by atoms with Crippen LogP contribution in [0.5, 0.6) is 0 Å². The molecular formula is C19H25N5O2. The number of piperidine rings is 1. The summed E-state index contributed by atoms with van der Waals surface area (Å²) in [4.78, 5) is 34.4. The van der Waals surface area contributed by atoms with Crippen LogP contribution < -0.4 is 5.56 Å². The summed E-state index contributed by atoms with van der Waals surface area (Å²) < 4.78 is 1.57. The largest absolute Gasteiger partial charge is 0.337 e. The van der Waals surface area contributed by atoms with E-state index < -0.39 is 0 Å². The van der Waals surface area contributed by atoms with E-state index in [4.69, 9.17) is 0 Å². The Balaban J connectivity index is 1.63. The average molecular weight is 355 g/mol. The van der Waals surface area contributed by atoms with E-state index in [9.17, 15) is 9.59 Å². The van der Waals surface area contributed by atoms with Gasteiger partial charge in [-0.1, -0.05) is 20.8 Å². The highest BCUT2D eigenvalue weighted by atomic mass is 16.2. The lowest BCUT2D eigenvalue weighted by molar-refractivity contribution is 0.0674. The van der Waals surface area contributed by atoms with Gasteiger partial charge >= 0.3 is 0 Å². The fourth-order valence-corrected chi connectivity index (χ4v) is 3.11. The molecule has 0 aliphatic carbocycles. The van der Waals surface area contributed by atoms with E-state index in [-0.39, 0.29) is 16.9 Å². The Labute approximate surface area is 153 Å². The zero-order valence-corrected chi connectivity index (χ0v) is 15.6. The number of hydrogen-bond donors (Lipinski definition) is 0. The predicted octanol–water partition coefficient (Wildman–Crippen LogP) is 1.88. The molecule has 1 fully saturated rings. The lowest BCUT2D eigenvalue weighted by Crippen LogP contribution is -2.40. The van der Waals surface area contributed by atoms with Gasteiger partial charge in [0.1, 0.15) is 5.69 Å². The standard InChI is InChI=1S/C19H25N5O2/c1-19(2,3)16-4-5-17(25)24(22-16)13-14-6-10-23(11-7-14)18(26)15-12-20-8-9-21-15/h4-5,8-9,12,14H,6-7,10-11,13H2,1-3H3. The van der Waals surface area contributed by atoms with Crippen LogP contribution >= 0.6 is 0 Å². The Morgan fingerprint density at radius 3 is 2.54 bits per heavy atom. The van der Waals surface area contributed by atoms with Crippen molar-refractivity contribution in [2.24, 2.45) is 5.92 Å². The van der Waals surface area contributed by atoms with Gasteiger partial charge in [-0.05, 0) is 24.8 Å². The molecule has 2 aromatic rings. The van der Waals surface area contributed by atoms with E-state index in [2.05, 4.69) is 35.8 Å². The minimum absolute atomic E-state index is 0.0731. The maximum Gasteiger partial charge on any atom is 0.274 e. The van der Waals surface area contributed by atoms with E-state index >= 15 is 0 Å². The molecule has 2 aromatic heterocycles. The van der Waals surface area contributed by atoms with Crippen LogP contribution in [0.3, 0.4) is 0 Å². The van der Waals surface area contributed by atoms with E-state index in [0.717, 1.165) is 18.5 Å². The summed E-state index contributed by atoms with van der Waals surface area (Å²) in [5.41, 5.74) is 1.12. The molecule has 0 bridgehead atoms. The molecule has 0 unspecified atom stereocenters. The second kappa shape index (κ2) is 7.35. The van der Waals surface area contributed by atoms with Gasteiger partial charge in [0, 0.05) is 43.5 Å². The van der Waals surface area contributed by atoms with Crippen molar-refractivity contribution in [1.82, 2.24) is 24.6 Å². The van der Waals surface area contributed by atoms with Gasteiger partial charge in [-0.15, -0.1) is 0 Å². The SMILES string of the molecule is CC(C)(C)c1ccc(=O)n(CC2CCN(C(=O)c3cnccn3)CC2)n1. The Kier molecular flexibility index (Phi) is 5.15. The van der Waals surface area contributed by atoms with Crippen molar-refractivity contribution >= 4 is 5.91 Å². The van der Waals surface area contributed by atoms with Crippen LogP contribution in [0, 0.1) is 5.92 Å². The van der Waals surface area contributed by atoms with Gasteiger partial charge in [-0.25, -0.2) is 9.67 Å². The minimum atomic E-state index is -0.0953. The molecule has 0 radical (unpaired) electrons. The monoisotopic (exact) mass is 355 g/mol. The number of nitrogens with zero attached hydrogens (tertiary/aromatic N) is 5. The van der Waals surface area contributed by atoms with Crippen LogP contribution in [0.15, 0.2) is 35.5 Å². The predicted molar refractivity (Wildman–Crippen MR) is 97.9 cm³/mol. The molecular weight excluding hydrogens is 330 g/mol. The van der Waals surface area contributed by atoms with E-state index in [0.29, 0.717) is 31.2 Å². The Morgan fingerprint density at radius 2 is 1.92 bits per heavy atom. The first-order valence-corrected chi connectivity index (χ1v) is 8.98. The number of hydrogen-bond acceptors (Lipinski definition) is 5. The van der Waals surface area contributed by atoms with E-state index in [1.54, 1.807) is 23.0 Å². The van der Waals surface area contributed by atoms with Crippen LogP contribution in [0.2, 0.25) is 0 Å². The van der Waals surface area contributed by atoms with Crippen LogP contribution in [-0.2, 0) is 12.0 Å². The number of amides is 1. The zero-order chi connectivity index (χ0) is 18.7. The first kappa shape index (κ1) is 18.2. The van der Waals surface area contributed by atoms with Crippen LogP contribution in [0.4, 0.5) is 0 Å². The third-order valence-corrected chi connectivity index (χ3v) is 4.75. The van der Waals surface area contributed by atoms with E-state index in [1.807, 2.05) is 4.90 Å². The van der Waals surface area contributed by atoms with Gasteiger partial charge in [0.2, 0.25) is 0 Å². The number of likely N-dealkylation sites (tertiary alicyclic amines) is 1. The Hall–Kier alpha value is -2.57. The highest BCUT2D eigenvalue weighted by Crippen LogP contribution is 2.21. The summed E-state index contributed by atoms with van der Waals surface area (Å²) in [6.07, 6.45) is 6.27. The molecule has 1 aliphatic rings. The molecule has 3 rings (SSSR count). The van der Waals surface area contributed by atoms with Crippen molar-refractivity contribution < 1.29 is 4.79 Å². The Morgan fingerprint density at radius 1 is 1.19 bits per heavy atom. The molecule has 138 valence electrons. The molecule has 7 heteroatoms. The third-order valence-electron chi connectivity index (χ3n) is 4.75. The van der Waals surface area contributed by atoms with Crippen molar-refractivity contribution in [2.45, 2.75) is 45.6 Å². The van der Waals surface area contributed by atoms with Crippen LogP contribution in [-0.4, -0.2) is 43.6 Å². The maximum atomic E-state index is 12.4. The van der Waals surface area contributed by atoms with Gasteiger partial charge in [0.25, 0.3) is 11.5 Å². The van der Waals surface area contributed by atoms with Gasteiger partial charge in [-0.3, -0.25) is 14.6 Å². The summed E-state index contributed by atoms with van der Waals surface area (Å²) in [5, 5.41) is 4.54. The molecule has 0 aromatic carbocycles. The summed E-state index contributed by atoms with van der Waals surface area (Å²) in [6, 6.07) is 3.40. The van der Waals surface area contributed by atoms with Crippen molar-refractivity contribution in [3.8, 4) is 0 Å². The molecule has 0 spiro atoms. The minimum Gasteiger partial charge on any atom is -0.337 e. The topological polar surface area (TPSA) is 81.0 Å². The smallest absolute Gasteiger partial charge is 0.274 e. The molecule has 1 aliphatic heterocycles. The molecule has 26 heavy (non-hydrogen) atoms. The summed E-state index contributed by atoms with van der Waals surface area (Å²) in [7, 11) is 0. The molecule has 1 amide bonds. The average Bonchev–Trinajstić information content (AvgIpc) is 2.63. The van der Waals surface area contributed by atoms with Crippen molar-refractivity contribution in [3.63, 3.8) is 0 Å². The fraction of sp³-hybridized carbons (Fsp3) is 0.526. The van der Waals surface area contributed by atoms with Crippen LogP contribution in [0.1, 0.15) is 49.8 Å². The first-order valence-electron chi connectivity index (χ1n) is 8.98. The van der Waals surface area contributed by atoms with Gasteiger partial charge < -0.3 is 4.90 Å². The van der Waals surface area contributed by atoms with Gasteiger partial charge in [-0.2, -0.15) is 5.10 Å². The molecule has 1 saturated heterocycles. The lowest BCUT2D eigenvalue weighted by atomic mass is 9.92. The Bertz CT molecular complexity index is 818. The summed E-state index contributed by atoms with van der Waals surface area (Å²) >= 11 is 0. The number of carbonyl (C=O) groups excluding carboxylic acids is 1. The third kappa shape index (κ3) is 4.15. The quantitative estimate of drug-likeness (QED) is 0.840. The fourth-order valence-electron chi connectivity index (χ4n) is 3.11. The number of rotatable bonds is 3.